The van der Waals surface area contributed by atoms with E-state index in [9.17, 15) is 14.9 Å². The van der Waals surface area contributed by atoms with E-state index in [4.69, 9.17) is 13.9 Å². The van der Waals surface area contributed by atoms with Crippen LogP contribution in [-0.2, 0) is 12.3 Å². The number of non-ortho nitro benzene ring substituents is 1. The minimum Gasteiger partial charge on any atom is -0.493 e. The van der Waals surface area contributed by atoms with Gasteiger partial charge in [-0.05, 0) is 23.8 Å². The van der Waals surface area contributed by atoms with Crippen molar-refractivity contribution in [1.29, 1.82) is 0 Å². The molecule has 2 heterocycles. The molecule has 2 aromatic heterocycles. The summed E-state index contributed by atoms with van der Waals surface area (Å²) in [5, 5.41) is 11.9. The molecule has 0 aliphatic carbocycles. The van der Waals surface area contributed by atoms with E-state index < -0.39 is 4.92 Å². The number of benzene rings is 2. The zero-order chi connectivity index (χ0) is 22.7. The third-order valence-electron chi connectivity index (χ3n) is 4.81. The predicted molar refractivity (Wildman–Crippen MR) is 120 cm³/mol. The lowest BCUT2D eigenvalue weighted by molar-refractivity contribution is -0.384. The molecule has 2 aromatic carbocycles. The second-order valence-electron chi connectivity index (χ2n) is 6.81. The predicted octanol–water partition coefficient (Wildman–Crippen LogP) is 4.26. The monoisotopic (exact) mass is 453 g/mol. The molecule has 0 saturated heterocycles. The van der Waals surface area contributed by atoms with Gasteiger partial charge >= 0.3 is 0 Å². The zero-order valence-electron chi connectivity index (χ0n) is 17.3. The van der Waals surface area contributed by atoms with Crippen LogP contribution in [0, 0.1) is 10.1 Å². The van der Waals surface area contributed by atoms with Gasteiger partial charge in [-0.2, -0.15) is 0 Å². The normalized spacial score (nSPS) is 10.9. The molecule has 0 amide bonds. The molecule has 0 unspecified atom stereocenters. The molecule has 10 heteroatoms. The first kappa shape index (κ1) is 21.4. The number of fused-ring (bicyclic) bond motifs is 1. The van der Waals surface area contributed by atoms with Gasteiger partial charge in [0.2, 0.25) is 0 Å². The number of furan rings is 1. The van der Waals surface area contributed by atoms with E-state index in [1.165, 1.54) is 42.7 Å². The lowest BCUT2D eigenvalue weighted by Gasteiger charge is -2.14. The Morgan fingerprint density at radius 2 is 1.91 bits per heavy atom. The van der Waals surface area contributed by atoms with Crippen LogP contribution in [0.25, 0.3) is 10.9 Å². The lowest BCUT2D eigenvalue weighted by Crippen LogP contribution is -2.24. The molecule has 32 heavy (non-hydrogen) atoms. The molecular formula is C22H19N3O6S. The van der Waals surface area contributed by atoms with E-state index in [0.29, 0.717) is 39.1 Å². The minimum absolute atomic E-state index is 0.0133. The molecule has 0 atom stereocenters. The van der Waals surface area contributed by atoms with E-state index in [-0.39, 0.29) is 17.8 Å². The number of methoxy groups -OCH3 is 2. The maximum Gasteiger partial charge on any atom is 0.269 e. The third kappa shape index (κ3) is 4.30. The molecule has 4 aromatic rings. The first-order chi connectivity index (χ1) is 15.5. The number of ether oxygens (including phenoxy) is 2. The summed E-state index contributed by atoms with van der Waals surface area (Å²) in [6.07, 6.45) is 1.54. The Kier molecular flexibility index (Phi) is 6.13. The Labute approximate surface area is 186 Å². The second-order valence-corrected chi connectivity index (χ2v) is 7.75. The van der Waals surface area contributed by atoms with Gasteiger partial charge in [-0.15, -0.1) is 0 Å². The molecule has 4 rings (SSSR count). The highest BCUT2D eigenvalue weighted by molar-refractivity contribution is 7.98. The maximum atomic E-state index is 13.4. The Hall–Kier alpha value is -3.79. The standard InChI is InChI=1S/C22H19N3O6S/c1-29-19-10-17-18(11-20(19)30-2)23-22(24(21(17)26)12-16-7-4-8-31-16)32-13-14-5-3-6-15(9-14)25(27)28/h3-11H,12-13H2,1-2H3. The SMILES string of the molecule is COc1cc2nc(SCc3cccc([N+](=O)[O-])c3)n(Cc3ccco3)c(=O)c2cc1OC. The maximum absolute atomic E-state index is 13.4. The van der Waals surface area contributed by atoms with Crippen molar-refractivity contribution in [3.63, 3.8) is 0 Å². The molecule has 164 valence electrons. The van der Waals surface area contributed by atoms with Crippen LogP contribution in [0.3, 0.4) is 0 Å². The summed E-state index contributed by atoms with van der Waals surface area (Å²) in [5.74, 6) is 1.89. The molecule has 0 bridgehead atoms. The van der Waals surface area contributed by atoms with E-state index in [1.807, 2.05) is 0 Å². The van der Waals surface area contributed by atoms with Crippen molar-refractivity contribution in [2.45, 2.75) is 17.5 Å². The van der Waals surface area contributed by atoms with Crippen molar-refractivity contribution in [2.24, 2.45) is 0 Å². The smallest absolute Gasteiger partial charge is 0.269 e. The number of nitrogens with zero attached hydrogens (tertiary/aromatic N) is 3. The summed E-state index contributed by atoms with van der Waals surface area (Å²) in [6.45, 7) is 0.195. The van der Waals surface area contributed by atoms with Crippen molar-refractivity contribution in [3.05, 3.63) is 86.6 Å². The molecule has 0 saturated carbocycles. The van der Waals surface area contributed by atoms with Crippen molar-refractivity contribution in [1.82, 2.24) is 9.55 Å². The van der Waals surface area contributed by atoms with E-state index >= 15 is 0 Å². The van der Waals surface area contributed by atoms with Crippen LogP contribution in [-0.4, -0.2) is 28.7 Å². The van der Waals surface area contributed by atoms with Gasteiger partial charge in [-0.25, -0.2) is 4.98 Å². The van der Waals surface area contributed by atoms with Crippen LogP contribution in [0.15, 0.2) is 69.2 Å². The molecule has 0 radical (unpaired) electrons. The summed E-state index contributed by atoms with van der Waals surface area (Å²) < 4.78 is 17.6. The van der Waals surface area contributed by atoms with Crippen molar-refractivity contribution >= 4 is 28.4 Å². The summed E-state index contributed by atoms with van der Waals surface area (Å²) in [6, 6.07) is 13.2. The summed E-state index contributed by atoms with van der Waals surface area (Å²) in [5.41, 5.74) is 0.966. The fourth-order valence-electron chi connectivity index (χ4n) is 3.24. The Bertz CT molecular complexity index is 1330. The number of nitro groups is 1. The van der Waals surface area contributed by atoms with Crippen LogP contribution in [0.1, 0.15) is 11.3 Å². The molecule has 0 fully saturated rings. The Balaban J connectivity index is 1.78. The first-order valence-corrected chi connectivity index (χ1v) is 10.5. The Morgan fingerprint density at radius 3 is 2.59 bits per heavy atom. The van der Waals surface area contributed by atoms with Crippen molar-refractivity contribution < 1.29 is 18.8 Å². The van der Waals surface area contributed by atoms with Gasteiger partial charge < -0.3 is 13.9 Å². The second kappa shape index (κ2) is 9.15. The van der Waals surface area contributed by atoms with Gasteiger partial charge in [-0.3, -0.25) is 19.5 Å². The average Bonchev–Trinajstić information content (AvgIpc) is 3.32. The molecule has 0 spiro atoms. The van der Waals surface area contributed by atoms with Crippen LogP contribution < -0.4 is 15.0 Å². The third-order valence-corrected chi connectivity index (χ3v) is 5.86. The first-order valence-electron chi connectivity index (χ1n) is 9.55. The summed E-state index contributed by atoms with van der Waals surface area (Å²) in [4.78, 5) is 28.7. The van der Waals surface area contributed by atoms with Gasteiger partial charge in [0, 0.05) is 24.0 Å². The van der Waals surface area contributed by atoms with Crippen molar-refractivity contribution in [2.75, 3.05) is 14.2 Å². The van der Waals surface area contributed by atoms with E-state index in [0.717, 1.165) is 5.56 Å². The molecule has 9 nitrogen and oxygen atoms in total. The zero-order valence-corrected chi connectivity index (χ0v) is 18.1. The quantitative estimate of drug-likeness (QED) is 0.168. The van der Waals surface area contributed by atoms with E-state index in [1.54, 1.807) is 42.7 Å². The van der Waals surface area contributed by atoms with Crippen LogP contribution >= 0.6 is 11.8 Å². The molecular weight excluding hydrogens is 434 g/mol. The lowest BCUT2D eigenvalue weighted by atomic mass is 10.2. The van der Waals surface area contributed by atoms with E-state index in [2.05, 4.69) is 4.98 Å². The Morgan fingerprint density at radius 1 is 1.12 bits per heavy atom. The van der Waals surface area contributed by atoms with Crippen molar-refractivity contribution in [3.8, 4) is 11.5 Å². The van der Waals surface area contributed by atoms with Gasteiger partial charge in [0.25, 0.3) is 11.2 Å². The fourth-order valence-corrected chi connectivity index (χ4v) is 4.18. The van der Waals surface area contributed by atoms with Gasteiger partial charge in [0.05, 0.1) is 42.9 Å². The minimum atomic E-state index is -0.436. The average molecular weight is 453 g/mol. The number of nitro benzene ring substituents is 1. The number of aromatic nitrogens is 2. The highest BCUT2D eigenvalue weighted by atomic mass is 32.2. The molecule has 0 N–H and O–H groups in total. The molecule has 0 aliphatic heterocycles. The van der Waals surface area contributed by atoms with Gasteiger partial charge in [0.1, 0.15) is 5.76 Å². The highest BCUT2D eigenvalue weighted by Crippen LogP contribution is 2.32. The molecule has 0 aliphatic rings. The number of rotatable bonds is 8. The van der Waals surface area contributed by atoms with Crippen LogP contribution in [0.2, 0.25) is 0 Å². The van der Waals surface area contributed by atoms with Crippen LogP contribution in [0.4, 0.5) is 5.69 Å². The number of thioether (sulfide) groups is 1. The summed E-state index contributed by atoms with van der Waals surface area (Å²) >= 11 is 1.31. The van der Waals surface area contributed by atoms with Crippen LogP contribution in [0.5, 0.6) is 11.5 Å². The highest BCUT2D eigenvalue weighted by Gasteiger charge is 2.17. The largest absolute Gasteiger partial charge is 0.493 e. The van der Waals surface area contributed by atoms with Gasteiger partial charge in [-0.1, -0.05) is 23.9 Å². The fraction of sp³-hybridized carbons (Fsp3) is 0.182. The summed E-state index contributed by atoms with van der Waals surface area (Å²) in [7, 11) is 3.02. The number of hydrogen-bond donors (Lipinski definition) is 0. The topological polar surface area (TPSA) is 110 Å². The van der Waals surface area contributed by atoms with Gasteiger partial charge in [0.15, 0.2) is 16.7 Å². The number of hydrogen-bond acceptors (Lipinski definition) is 8.